The standard InChI is InChI=1S/C19H26N4O3/c1-15(2)18(25)26-12-9-22-17(24)8-11-23(19(3,4)5)10-6-7-16(13-20)14-21/h6-7,10H,1,8-9,11-12H2,2-5H3,(H,22,24). The number of nitriles is 2. The highest BCUT2D eigenvalue weighted by atomic mass is 16.5. The van der Waals surface area contributed by atoms with Gasteiger partial charge in [0.25, 0.3) is 0 Å². The monoisotopic (exact) mass is 358 g/mol. The molecule has 0 aromatic carbocycles. The van der Waals surface area contributed by atoms with Gasteiger partial charge < -0.3 is 15.0 Å². The van der Waals surface area contributed by atoms with Crippen molar-refractivity contribution in [2.45, 2.75) is 39.7 Å². The first-order chi connectivity index (χ1) is 12.1. The summed E-state index contributed by atoms with van der Waals surface area (Å²) in [5, 5.41) is 20.1. The molecule has 0 saturated carbocycles. The van der Waals surface area contributed by atoms with E-state index in [9.17, 15) is 9.59 Å². The van der Waals surface area contributed by atoms with Crippen molar-refractivity contribution in [3.05, 3.63) is 36.1 Å². The number of carbonyl (C=O) groups is 2. The SMILES string of the molecule is C=C(C)C(=O)OCCNC(=O)CCN(C=CC=C(C#N)C#N)C(C)(C)C. The van der Waals surface area contributed by atoms with E-state index in [0.29, 0.717) is 12.1 Å². The molecule has 0 atom stereocenters. The molecule has 0 radical (unpaired) electrons. The molecule has 0 fully saturated rings. The van der Waals surface area contributed by atoms with Crippen LogP contribution in [0.1, 0.15) is 34.1 Å². The van der Waals surface area contributed by atoms with Crippen LogP contribution in [0.25, 0.3) is 0 Å². The molecular weight excluding hydrogens is 332 g/mol. The first kappa shape index (κ1) is 22.9. The van der Waals surface area contributed by atoms with Crippen LogP contribution in [0.5, 0.6) is 0 Å². The molecule has 0 aliphatic heterocycles. The quantitative estimate of drug-likeness (QED) is 0.223. The number of hydrogen-bond donors (Lipinski definition) is 1. The van der Waals surface area contributed by atoms with Crippen molar-refractivity contribution in [3.8, 4) is 12.1 Å². The number of allylic oxidation sites excluding steroid dienone is 3. The van der Waals surface area contributed by atoms with Gasteiger partial charge >= 0.3 is 5.97 Å². The number of carbonyl (C=O) groups excluding carboxylic acids is 2. The van der Waals surface area contributed by atoms with Gasteiger partial charge in [-0.25, -0.2) is 4.79 Å². The van der Waals surface area contributed by atoms with Crippen LogP contribution in [0.4, 0.5) is 0 Å². The third-order valence-electron chi connectivity index (χ3n) is 3.22. The molecule has 7 nitrogen and oxygen atoms in total. The van der Waals surface area contributed by atoms with Gasteiger partial charge in [0.15, 0.2) is 0 Å². The van der Waals surface area contributed by atoms with Crippen LogP contribution in [-0.2, 0) is 14.3 Å². The zero-order valence-corrected chi connectivity index (χ0v) is 15.8. The first-order valence-electron chi connectivity index (χ1n) is 8.16. The van der Waals surface area contributed by atoms with Crippen molar-refractivity contribution in [1.82, 2.24) is 10.2 Å². The lowest BCUT2D eigenvalue weighted by molar-refractivity contribution is -0.139. The normalized spacial score (nSPS) is 10.4. The molecule has 0 unspecified atom stereocenters. The molecule has 0 saturated heterocycles. The summed E-state index contributed by atoms with van der Waals surface area (Å²) in [6.45, 7) is 11.8. The topological polar surface area (TPSA) is 106 Å². The van der Waals surface area contributed by atoms with Gasteiger partial charge in [-0.05, 0) is 46.0 Å². The number of ether oxygens (including phenoxy) is 1. The number of esters is 1. The largest absolute Gasteiger partial charge is 0.460 e. The maximum absolute atomic E-state index is 11.9. The van der Waals surface area contributed by atoms with E-state index >= 15 is 0 Å². The lowest BCUT2D eigenvalue weighted by Gasteiger charge is -2.34. The van der Waals surface area contributed by atoms with E-state index in [1.807, 2.05) is 25.7 Å². The minimum Gasteiger partial charge on any atom is -0.460 e. The number of nitrogens with one attached hydrogen (secondary N) is 1. The van der Waals surface area contributed by atoms with Crippen LogP contribution >= 0.6 is 0 Å². The third-order valence-corrected chi connectivity index (χ3v) is 3.22. The molecular formula is C19H26N4O3. The van der Waals surface area contributed by atoms with Gasteiger partial charge in [0.2, 0.25) is 5.91 Å². The molecule has 7 heteroatoms. The van der Waals surface area contributed by atoms with Crippen LogP contribution in [-0.4, -0.2) is 42.0 Å². The smallest absolute Gasteiger partial charge is 0.333 e. The van der Waals surface area contributed by atoms with Gasteiger partial charge in [-0.3, -0.25) is 4.79 Å². The summed E-state index contributed by atoms with van der Waals surface area (Å²) in [4.78, 5) is 25.1. The van der Waals surface area contributed by atoms with Crippen LogP contribution < -0.4 is 5.32 Å². The summed E-state index contributed by atoms with van der Waals surface area (Å²) in [6, 6.07) is 3.57. The van der Waals surface area contributed by atoms with Gasteiger partial charge in [0, 0.05) is 24.1 Å². The summed E-state index contributed by atoms with van der Waals surface area (Å²) in [5.41, 5.74) is 0.0901. The van der Waals surface area contributed by atoms with Crippen LogP contribution in [0.2, 0.25) is 0 Å². The molecule has 0 bridgehead atoms. The Hall–Kier alpha value is -3.06. The average molecular weight is 358 g/mol. The fraction of sp³-hybridized carbons (Fsp3) is 0.474. The second kappa shape index (κ2) is 11.5. The Morgan fingerprint density at radius 3 is 2.38 bits per heavy atom. The molecule has 1 amide bonds. The van der Waals surface area contributed by atoms with Gasteiger partial charge in [-0.15, -0.1) is 0 Å². The van der Waals surface area contributed by atoms with Crippen molar-refractivity contribution in [1.29, 1.82) is 10.5 Å². The van der Waals surface area contributed by atoms with E-state index in [1.54, 1.807) is 31.3 Å². The number of nitrogens with zero attached hydrogens (tertiary/aromatic N) is 3. The Kier molecular flexibility index (Phi) is 10.1. The van der Waals surface area contributed by atoms with Crippen molar-refractivity contribution >= 4 is 11.9 Å². The second-order valence-electron chi connectivity index (χ2n) is 6.53. The lowest BCUT2D eigenvalue weighted by Crippen LogP contribution is -2.40. The van der Waals surface area contributed by atoms with Gasteiger partial charge in [-0.2, -0.15) is 10.5 Å². The highest BCUT2D eigenvalue weighted by molar-refractivity contribution is 5.86. The predicted molar refractivity (Wildman–Crippen MR) is 98.3 cm³/mol. The molecule has 0 aliphatic carbocycles. The third kappa shape index (κ3) is 9.94. The minimum absolute atomic E-state index is 0.0113. The Balaban J connectivity index is 4.48. The maximum atomic E-state index is 11.9. The molecule has 0 rings (SSSR count). The van der Waals surface area contributed by atoms with Crippen molar-refractivity contribution in [3.63, 3.8) is 0 Å². The predicted octanol–water partition coefficient (Wildman–Crippen LogP) is 2.20. The zero-order chi connectivity index (χ0) is 20.2. The van der Waals surface area contributed by atoms with Gasteiger partial charge in [0.05, 0.1) is 6.54 Å². The Bertz CT molecular complexity index is 642. The lowest BCUT2D eigenvalue weighted by atomic mass is 10.1. The van der Waals surface area contributed by atoms with E-state index in [1.165, 1.54) is 6.08 Å². The Labute approximate surface area is 155 Å². The highest BCUT2D eigenvalue weighted by Gasteiger charge is 2.18. The Morgan fingerprint density at radius 1 is 1.27 bits per heavy atom. The average Bonchev–Trinajstić information content (AvgIpc) is 2.56. The Morgan fingerprint density at radius 2 is 1.88 bits per heavy atom. The number of amides is 1. The van der Waals surface area contributed by atoms with Gasteiger partial charge in [0.1, 0.15) is 24.3 Å². The summed E-state index contributed by atoms with van der Waals surface area (Å²) < 4.78 is 4.90. The van der Waals surface area contributed by atoms with Crippen LogP contribution in [0.3, 0.4) is 0 Å². The highest BCUT2D eigenvalue weighted by Crippen LogP contribution is 2.14. The van der Waals surface area contributed by atoms with Crippen molar-refractivity contribution < 1.29 is 14.3 Å². The van der Waals surface area contributed by atoms with E-state index in [2.05, 4.69) is 11.9 Å². The molecule has 1 N–H and O–H groups in total. The molecule has 0 spiro atoms. The van der Waals surface area contributed by atoms with E-state index in [4.69, 9.17) is 15.3 Å². The fourth-order valence-electron chi connectivity index (χ4n) is 1.74. The van der Waals surface area contributed by atoms with Gasteiger partial charge in [-0.1, -0.05) is 6.58 Å². The molecule has 0 aromatic rings. The maximum Gasteiger partial charge on any atom is 0.333 e. The summed E-state index contributed by atoms with van der Waals surface area (Å²) in [5.74, 6) is -0.644. The van der Waals surface area contributed by atoms with Crippen LogP contribution in [0, 0.1) is 22.7 Å². The number of hydrogen-bond acceptors (Lipinski definition) is 6. The molecule has 0 aromatic heterocycles. The molecule has 140 valence electrons. The van der Waals surface area contributed by atoms with Crippen molar-refractivity contribution in [2.75, 3.05) is 19.7 Å². The summed E-state index contributed by atoms with van der Waals surface area (Å²) in [7, 11) is 0. The summed E-state index contributed by atoms with van der Waals surface area (Å²) in [6.07, 6.45) is 5.04. The van der Waals surface area contributed by atoms with E-state index in [0.717, 1.165) is 0 Å². The molecule has 0 aliphatic rings. The van der Waals surface area contributed by atoms with Crippen molar-refractivity contribution in [2.24, 2.45) is 0 Å². The second-order valence-corrected chi connectivity index (χ2v) is 6.53. The summed E-state index contributed by atoms with van der Waals surface area (Å²) >= 11 is 0. The first-order valence-corrected chi connectivity index (χ1v) is 8.16. The fourth-order valence-corrected chi connectivity index (χ4v) is 1.74. The molecule has 0 heterocycles. The van der Waals surface area contributed by atoms with Crippen LogP contribution in [0.15, 0.2) is 36.1 Å². The molecule has 26 heavy (non-hydrogen) atoms. The van der Waals surface area contributed by atoms with E-state index < -0.39 is 5.97 Å². The van der Waals surface area contributed by atoms with E-state index in [-0.39, 0.29) is 36.6 Å². The number of rotatable bonds is 9. The zero-order valence-electron chi connectivity index (χ0n) is 15.8. The minimum atomic E-state index is -0.481.